The van der Waals surface area contributed by atoms with E-state index >= 15 is 0 Å². The van der Waals surface area contributed by atoms with Crippen LogP contribution in [0.3, 0.4) is 0 Å². The molecule has 8 nitrogen and oxygen atoms in total. The molecule has 0 fully saturated rings. The van der Waals surface area contributed by atoms with Gasteiger partial charge >= 0.3 is 0 Å². The summed E-state index contributed by atoms with van der Waals surface area (Å²) in [5.41, 5.74) is 11.5. The van der Waals surface area contributed by atoms with E-state index in [1.165, 1.54) is 17.5 Å². The number of hydrogen-bond acceptors (Lipinski definition) is 6. The molecule has 0 aliphatic heterocycles. The van der Waals surface area contributed by atoms with Gasteiger partial charge in [0.25, 0.3) is 0 Å². The van der Waals surface area contributed by atoms with Crippen LogP contribution in [0.15, 0.2) is 44.1 Å². The SMILES string of the molecule is C=C/C=C(\O)CN=C(N)C(N)=Nc1csc(S(=O)NCC)c1O. The van der Waals surface area contributed by atoms with Gasteiger partial charge in [-0.1, -0.05) is 19.6 Å². The Kier molecular flexibility index (Phi) is 7.45. The van der Waals surface area contributed by atoms with E-state index in [1.807, 2.05) is 0 Å². The highest BCUT2D eigenvalue weighted by Gasteiger charge is 2.16. The van der Waals surface area contributed by atoms with Crippen LogP contribution in [-0.4, -0.2) is 39.2 Å². The molecule has 1 atom stereocenters. The van der Waals surface area contributed by atoms with Crippen LogP contribution in [0.2, 0.25) is 0 Å². The van der Waals surface area contributed by atoms with Crippen LogP contribution in [0.25, 0.3) is 0 Å². The summed E-state index contributed by atoms with van der Waals surface area (Å²) in [4.78, 5) is 7.82. The summed E-state index contributed by atoms with van der Waals surface area (Å²) in [6.45, 7) is 5.66. The molecule has 7 N–H and O–H groups in total. The number of aliphatic hydroxyl groups excluding tert-OH is 1. The van der Waals surface area contributed by atoms with Crippen molar-refractivity contribution in [2.75, 3.05) is 13.1 Å². The Morgan fingerprint density at radius 3 is 2.83 bits per heavy atom. The third kappa shape index (κ3) is 5.51. The van der Waals surface area contributed by atoms with Gasteiger partial charge in [-0.2, -0.15) is 0 Å². The number of thiophene rings is 1. The molecule has 1 aromatic rings. The quantitative estimate of drug-likeness (QED) is 0.214. The van der Waals surface area contributed by atoms with E-state index in [2.05, 4.69) is 21.3 Å². The molecule has 10 heteroatoms. The Labute approximate surface area is 140 Å². The van der Waals surface area contributed by atoms with Crippen molar-refractivity contribution in [3.63, 3.8) is 0 Å². The fourth-order valence-electron chi connectivity index (χ4n) is 1.36. The molecule has 23 heavy (non-hydrogen) atoms. The van der Waals surface area contributed by atoms with Crippen molar-refractivity contribution >= 4 is 39.7 Å². The monoisotopic (exact) mass is 357 g/mol. The maximum Gasteiger partial charge on any atom is 0.170 e. The fraction of sp³-hybridized carbons (Fsp3) is 0.231. The van der Waals surface area contributed by atoms with E-state index in [0.717, 1.165) is 11.3 Å². The Morgan fingerprint density at radius 2 is 2.22 bits per heavy atom. The van der Waals surface area contributed by atoms with Crippen LogP contribution in [0, 0.1) is 0 Å². The molecule has 0 saturated carbocycles. The lowest BCUT2D eigenvalue weighted by atomic mass is 10.4. The summed E-state index contributed by atoms with van der Waals surface area (Å²) in [5, 5.41) is 20.9. The minimum absolute atomic E-state index is 0.0301. The predicted molar refractivity (Wildman–Crippen MR) is 94.7 cm³/mol. The second-order valence-corrected chi connectivity index (χ2v) is 6.49. The Bertz CT molecular complexity index is 679. The van der Waals surface area contributed by atoms with Gasteiger partial charge in [-0.25, -0.2) is 13.9 Å². The van der Waals surface area contributed by atoms with E-state index < -0.39 is 11.0 Å². The normalized spacial score (nSPS) is 14.7. The van der Waals surface area contributed by atoms with Crippen molar-refractivity contribution in [3.8, 4) is 5.75 Å². The van der Waals surface area contributed by atoms with Crippen molar-refractivity contribution in [2.45, 2.75) is 11.1 Å². The number of nitrogens with one attached hydrogen (secondary N) is 1. The molecule has 0 bridgehead atoms. The number of aromatic hydroxyl groups is 1. The molecule has 0 aliphatic rings. The molecule has 126 valence electrons. The molecule has 0 radical (unpaired) electrons. The number of hydrogen-bond donors (Lipinski definition) is 5. The standard InChI is InChI=1S/C13H19N5O3S2/c1-3-5-8(19)6-16-11(14)12(15)18-9-7-22-13(10(9)20)23(21)17-4-2/h3,5,7,17,19-20H,1,4,6H2,2H3,(H2,14,16)(H2,15,18)/b8-5-. The van der Waals surface area contributed by atoms with Crippen LogP contribution in [0.4, 0.5) is 5.69 Å². The molecule has 0 aromatic carbocycles. The van der Waals surface area contributed by atoms with Crippen LogP contribution in [0.1, 0.15) is 6.92 Å². The summed E-state index contributed by atoms with van der Waals surface area (Å²) in [7, 11) is -1.51. The molecular weight excluding hydrogens is 338 g/mol. The predicted octanol–water partition coefficient (Wildman–Crippen LogP) is 1.06. The number of aliphatic hydroxyl groups is 1. The molecule has 0 saturated heterocycles. The van der Waals surface area contributed by atoms with Gasteiger partial charge in [-0.3, -0.25) is 4.99 Å². The van der Waals surface area contributed by atoms with Gasteiger partial charge in [0.1, 0.15) is 22.4 Å². The Hall–Kier alpha value is -2.17. The Balaban J connectivity index is 2.94. The highest BCUT2D eigenvalue weighted by atomic mass is 32.2. The van der Waals surface area contributed by atoms with Gasteiger partial charge in [0.05, 0.1) is 6.54 Å². The van der Waals surface area contributed by atoms with E-state index in [-0.39, 0.29) is 39.6 Å². The van der Waals surface area contributed by atoms with Gasteiger partial charge in [0.2, 0.25) is 0 Å². The van der Waals surface area contributed by atoms with E-state index in [4.69, 9.17) is 11.5 Å². The third-order valence-electron chi connectivity index (χ3n) is 2.38. The van der Waals surface area contributed by atoms with Gasteiger partial charge < -0.3 is 21.7 Å². The van der Waals surface area contributed by atoms with Gasteiger partial charge in [-0.15, -0.1) is 11.3 Å². The summed E-state index contributed by atoms with van der Waals surface area (Å²) < 4.78 is 14.8. The van der Waals surface area contributed by atoms with Crippen LogP contribution >= 0.6 is 11.3 Å². The molecule has 0 spiro atoms. The molecule has 0 aliphatic carbocycles. The van der Waals surface area contributed by atoms with Crippen molar-refractivity contribution in [2.24, 2.45) is 21.5 Å². The number of nitrogens with zero attached hydrogens (tertiary/aromatic N) is 2. The zero-order valence-corrected chi connectivity index (χ0v) is 14.2. The van der Waals surface area contributed by atoms with Crippen LogP contribution in [-0.2, 0) is 11.0 Å². The first-order chi connectivity index (χ1) is 10.9. The molecule has 1 aromatic heterocycles. The van der Waals surface area contributed by atoms with Crippen molar-refractivity contribution in [1.29, 1.82) is 0 Å². The lowest BCUT2D eigenvalue weighted by molar-refractivity contribution is 0.404. The molecule has 1 heterocycles. The number of rotatable bonds is 7. The first-order valence-electron chi connectivity index (χ1n) is 6.51. The summed E-state index contributed by atoms with van der Waals surface area (Å²) in [6, 6.07) is 0. The van der Waals surface area contributed by atoms with E-state index in [1.54, 1.807) is 6.92 Å². The number of amidine groups is 2. The second-order valence-electron chi connectivity index (χ2n) is 4.12. The Morgan fingerprint density at radius 1 is 1.52 bits per heavy atom. The van der Waals surface area contributed by atoms with Gasteiger partial charge in [0, 0.05) is 11.9 Å². The largest absolute Gasteiger partial charge is 0.510 e. The van der Waals surface area contributed by atoms with Gasteiger partial charge in [-0.05, 0) is 6.08 Å². The van der Waals surface area contributed by atoms with E-state index in [0.29, 0.717) is 6.54 Å². The first-order valence-corrected chi connectivity index (χ1v) is 8.54. The molecule has 1 rings (SSSR count). The van der Waals surface area contributed by atoms with Crippen molar-refractivity contribution in [1.82, 2.24) is 4.72 Å². The zero-order valence-electron chi connectivity index (χ0n) is 12.5. The summed E-state index contributed by atoms with van der Waals surface area (Å²) in [5.74, 6) is -0.462. The molecule has 1 unspecified atom stereocenters. The number of nitrogens with two attached hydrogens (primary N) is 2. The van der Waals surface area contributed by atoms with Crippen LogP contribution < -0.4 is 16.2 Å². The van der Waals surface area contributed by atoms with Crippen LogP contribution in [0.5, 0.6) is 5.75 Å². The highest BCUT2D eigenvalue weighted by Crippen LogP contribution is 2.38. The smallest absolute Gasteiger partial charge is 0.170 e. The number of allylic oxidation sites excluding steroid dienone is 2. The molecular formula is C13H19N5O3S2. The maximum absolute atomic E-state index is 11.8. The minimum Gasteiger partial charge on any atom is -0.510 e. The minimum atomic E-state index is -1.51. The average molecular weight is 357 g/mol. The lowest BCUT2D eigenvalue weighted by Crippen LogP contribution is -2.31. The third-order valence-corrected chi connectivity index (χ3v) is 4.95. The zero-order chi connectivity index (χ0) is 17.4. The lowest BCUT2D eigenvalue weighted by Gasteiger charge is -2.01. The van der Waals surface area contributed by atoms with E-state index in [9.17, 15) is 14.4 Å². The van der Waals surface area contributed by atoms with Crippen molar-refractivity contribution in [3.05, 3.63) is 29.9 Å². The number of aliphatic imine (C=N–C) groups is 2. The molecule has 0 amide bonds. The first kappa shape index (κ1) is 18.9. The maximum atomic E-state index is 11.8. The summed E-state index contributed by atoms with van der Waals surface area (Å²) in [6.07, 6.45) is 2.78. The van der Waals surface area contributed by atoms with Gasteiger partial charge in [0.15, 0.2) is 21.6 Å². The topological polar surface area (TPSA) is 146 Å². The fourth-order valence-corrected chi connectivity index (χ4v) is 3.30. The average Bonchev–Trinajstić information content (AvgIpc) is 2.86. The van der Waals surface area contributed by atoms with Crippen molar-refractivity contribution < 1.29 is 14.4 Å². The summed E-state index contributed by atoms with van der Waals surface area (Å²) >= 11 is 1.09. The highest BCUT2D eigenvalue weighted by molar-refractivity contribution is 7.85. The second kappa shape index (κ2) is 9.08.